The van der Waals surface area contributed by atoms with Gasteiger partial charge in [0.1, 0.15) is 5.82 Å². The number of hydrogen-bond acceptors (Lipinski definition) is 3. The number of methoxy groups -OCH3 is 1. The van der Waals surface area contributed by atoms with Crippen molar-refractivity contribution in [2.24, 2.45) is 5.92 Å². The van der Waals surface area contributed by atoms with E-state index in [1.54, 1.807) is 19.2 Å². The summed E-state index contributed by atoms with van der Waals surface area (Å²) in [5, 5.41) is 2.99. The lowest BCUT2D eigenvalue weighted by atomic mass is 9.96. The summed E-state index contributed by atoms with van der Waals surface area (Å²) in [7, 11) is 1.63. The second-order valence-electron chi connectivity index (χ2n) is 6.07. The van der Waals surface area contributed by atoms with Crippen molar-refractivity contribution in [3.8, 4) is 0 Å². The number of ether oxygens (including phenoxy) is 1. The van der Waals surface area contributed by atoms with Crippen LogP contribution in [-0.2, 0) is 16.1 Å². The summed E-state index contributed by atoms with van der Waals surface area (Å²) in [5.74, 6) is -0.118. The molecule has 0 bridgehead atoms. The molecule has 4 nitrogen and oxygen atoms in total. The number of likely N-dealkylation sites (tertiary alicyclic amines) is 1. The highest BCUT2D eigenvalue weighted by Crippen LogP contribution is 2.19. The number of nitrogens with one attached hydrogen (secondary N) is 1. The molecule has 0 unspecified atom stereocenters. The Morgan fingerprint density at radius 3 is 3.09 bits per heavy atom. The summed E-state index contributed by atoms with van der Waals surface area (Å²) in [4.78, 5) is 14.5. The smallest absolute Gasteiger partial charge is 0.224 e. The lowest BCUT2D eigenvalue weighted by Gasteiger charge is -2.32. The van der Waals surface area contributed by atoms with E-state index in [0.29, 0.717) is 13.2 Å². The van der Waals surface area contributed by atoms with Gasteiger partial charge in [-0.1, -0.05) is 12.1 Å². The zero-order valence-electron chi connectivity index (χ0n) is 13.3. The Morgan fingerprint density at radius 2 is 2.36 bits per heavy atom. The van der Waals surface area contributed by atoms with Gasteiger partial charge >= 0.3 is 0 Å². The van der Waals surface area contributed by atoms with E-state index in [1.807, 2.05) is 13.0 Å². The number of nitrogens with zero attached hydrogens (tertiary/aromatic N) is 1. The summed E-state index contributed by atoms with van der Waals surface area (Å²) < 4.78 is 18.3. The third-order valence-corrected chi connectivity index (χ3v) is 3.98. The topological polar surface area (TPSA) is 41.6 Å². The van der Waals surface area contributed by atoms with Gasteiger partial charge in [0.25, 0.3) is 0 Å². The summed E-state index contributed by atoms with van der Waals surface area (Å²) >= 11 is 0. The van der Waals surface area contributed by atoms with Crippen LogP contribution in [0.3, 0.4) is 0 Å². The molecule has 1 aromatic carbocycles. The van der Waals surface area contributed by atoms with E-state index in [2.05, 4.69) is 10.2 Å². The molecule has 1 aliphatic heterocycles. The van der Waals surface area contributed by atoms with Crippen molar-refractivity contribution in [1.82, 2.24) is 10.2 Å². The van der Waals surface area contributed by atoms with E-state index in [1.165, 1.54) is 6.07 Å². The van der Waals surface area contributed by atoms with Crippen molar-refractivity contribution < 1.29 is 13.9 Å². The van der Waals surface area contributed by atoms with E-state index in [-0.39, 0.29) is 23.7 Å². The summed E-state index contributed by atoms with van der Waals surface area (Å²) in [6.07, 6.45) is 1.90. The van der Waals surface area contributed by atoms with Crippen LogP contribution >= 0.6 is 0 Å². The molecule has 2 atom stereocenters. The maximum atomic E-state index is 13.2. The fourth-order valence-electron chi connectivity index (χ4n) is 2.96. The third-order valence-electron chi connectivity index (χ3n) is 3.98. The predicted molar refractivity (Wildman–Crippen MR) is 83.9 cm³/mol. The second kappa shape index (κ2) is 8.25. The number of amides is 1. The van der Waals surface area contributed by atoms with Crippen LogP contribution in [0.15, 0.2) is 24.3 Å². The minimum Gasteiger partial charge on any atom is -0.383 e. The Labute approximate surface area is 131 Å². The van der Waals surface area contributed by atoms with Gasteiger partial charge in [0.2, 0.25) is 5.91 Å². The average Bonchev–Trinajstić information content (AvgIpc) is 2.47. The molecule has 22 heavy (non-hydrogen) atoms. The van der Waals surface area contributed by atoms with Crippen molar-refractivity contribution >= 4 is 5.91 Å². The fraction of sp³-hybridized carbons (Fsp3) is 0.588. The van der Waals surface area contributed by atoms with Gasteiger partial charge in [-0.15, -0.1) is 0 Å². The highest BCUT2D eigenvalue weighted by Gasteiger charge is 2.26. The Balaban J connectivity index is 1.87. The number of halogens is 1. The van der Waals surface area contributed by atoms with Crippen LogP contribution in [0.4, 0.5) is 4.39 Å². The molecule has 0 saturated carbocycles. The normalized spacial score (nSPS) is 20.6. The van der Waals surface area contributed by atoms with Crippen LogP contribution in [0.1, 0.15) is 25.3 Å². The molecule has 0 spiro atoms. The molecule has 1 amide bonds. The fourth-order valence-corrected chi connectivity index (χ4v) is 2.96. The number of rotatable bonds is 6. The van der Waals surface area contributed by atoms with Crippen LogP contribution in [0.25, 0.3) is 0 Å². The van der Waals surface area contributed by atoms with Gasteiger partial charge in [-0.2, -0.15) is 0 Å². The van der Waals surface area contributed by atoms with Gasteiger partial charge in [0, 0.05) is 26.2 Å². The van der Waals surface area contributed by atoms with Gasteiger partial charge in [-0.25, -0.2) is 4.39 Å². The minimum absolute atomic E-state index is 0.00150. The first-order chi connectivity index (χ1) is 10.6. The largest absolute Gasteiger partial charge is 0.383 e. The molecule has 122 valence electrons. The summed E-state index contributed by atoms with van der Waals surface area (Å²) in [6, 6.07) is 6.69. The number of hydrogen-bond donors (Lipinski definition) is 1. The number of carbonyl (C=O) groups is 1. The molecule has 0 aromatic heterocycles. The van der Waals surface area contributed by atoms with E-state index in [4.69, 9.17) is 4.74 Å². The van der Waals surface area contributed by atoms with Crippen molar-refractivity contribution in [2.75, 3.05) is 26.8 Å². The third kappa shape index (κ3) is 5.07. The molecule has 1 N–H and O–H groups in total. The van der Waals surface area contributed by atoms with Crippen LogP contribution in [0.5, 0.6) is 0 Å². The van der Waals surface area contributed by atoms with E-state index in [9.17, 15) is 9.18 Å². The predicted octanol–water partition coefficient (Wildman–Crippen LogP) is 2.19. The number of carbonyl (C=O) groups excluding carboxylic acids is 1. The molecule has 1 fully saturated rings. The molecule has 5 heteroatoms. The minimum atomic E-state index is -0.211. The van der Waals surface area contributed by atoms with Crippen LogP contribution < -0.4 is 5.32 Å². The molecular weight excluding hydrogens is 283 g/mol. The van der Waals surface area contributed by atoms with Gasteiger partial charge in [0.15, 0.2) is 0 Å². The van der Waals surface area contributed by atoms with E-state index >= 15 is 0 Å². The zero-order chi connectivity index (χ0) is 15.9. The lowest BCUT2D eigenvalue weighted by Crippen LogP contribution is -2.46. The quantitative estimate of drug-likeness (QED) is 0.876. The maximum absolute atomic E-state index is 13.2. The first kappa shape index (κ1) is 16.9. The standard InChI is InChI=1S/C17H25FN2O2/c1-13(12-22-2)19-17(21)15-6-4-8-20(11-15)10-14-5-3-7-16(18)9-14/h3,5,7,9,13,15H,4,6,8,10-12H2,1-2H3,(H,19,21)/t13-,15+/m0/s1. The highest BCUT2D eigenvalue weighted by molar-refractivity contribution is 5.79. The highest BCUT2D eigenvalue weighted by atomic mass is 19.1. The average molecular weight is 308 g/mol. The molecule has 1 saturated heterocycles. The summed E-state index contributed by atoms with van der Waals surface area (Å²) in [6.45, 7) is 4.82. The monoisotopic (exact) mass is 308 g/mol. The van der Waals surface area contributed by atoms with Crippen LogP contribution in [-0.4, -0.2) is 43.7 Å². The lowest BCUT2D eigenvalue weighted by molar-refractivity contribution is -0.127. The van der Waals surface area contributed by atoms with Gasteiger partial charge in [-0.05, 0) is 44.0 Å². The SMILES string of the molecule is COC[C@H](C)NC(=O)[C@@H]1CCCN(Cc2cccc(F)c2)C1. The van der Waals surface area contributed by atoms with Gasteiger partial charge < -0.3 is 10.1 Å². The number of benzene rings is 1. The number of piperidine rings is 1. The molecule has 2 rings (SSSR count). The molecule has 1 aromatic rings. The van der Waals surface area contributed by atoms with Crippen LogP contribution in [0, 0.1) is 11.7 Å². The Kier molecular flexibility index (Phi) is 6.34. The van der Waals surface area contributed by atoms with Crippen molar-refractivity contribution in [2.45, 2.75) is 32.4 Å². The second-order valence-corrected chi connectivity index (χ2v) is 6.07. The van der Waals surface area contributed by atoms with Gasteiger partial charge in [0.05, 0.1) is 12.5 Å². The molecule has 1 aliphatic rings. The Hall–Kier alpha value is -1.46. The molecule has 0 aliphatic carbocycles. The Morgan fingerprint density at radius 1 is 1.55 bits per heavy atom. The maximum Gasteiger partial charge on any atom is 0.224 e. The Bertz CT molecular complexity index is 495. The summed E-state index contributed by atoms with van der Waals surface area (Å²) in [5.41, 5.74) is 0.953. The molecular formula is C17H25FN2O2. The van der Waals surface area contributed by atoms with Crippen molar-refractivity contribution in [3.63, 3.8) is 0 Å². The van der Waals surface area contributed by atoms with Crippen molar-refractivity contribution in [1.29, 1.82) is 0 Å². The molecule has 1 heterocycles. The first-order valence-electron chi connectivity index (χ1n) is 7.84. The van der Waals surface area contributed by atoms with Gasteiger partial charge in [-0.3, -0.25) is 9.69 Å². The first-order valence-corrected chi connectivity index (χ1v) is 7.84. The van der Waals surface area contributed by atoms with E-state index < -0.39 is 0 Å². The zero-order valence-corrected chi connectivity index (χ0v) is 13.3. The van der Waals surface area contributed by atoms with Crippen molar-refractivity contribution in [3.05, 3.63) is 35.6 Å². The van der Waals surface area contributed by atoms with E-state index in [0.717, 1.165) is 31.5 Å². The molecule has 0 radical (unpaired) electrons. The van der Waals surface area contributed by atoms with Crippen LogP contribution in [0.2, 0.25) is 0 Å².